The largest absolute Gasteiger partial charge is 0.477 e. The van der Waals surface area contributed by atoms with Crippen molar-refractivity contribution in [2.45, 2.75) is 0 Å². The molecule has 0 saturated heterocycles. The lowest BCUT2D eigenvalue weighted by Gasteiger charge is -1.88. The number of carboxylic acid groups (broad SMARTS) is 1. The van der Waals surface area contributed by atoms with Gasteiger partial charge in [0, 0.05) is 0 Å². The van der Waals surface area contributed by atoms with Gasteiger partial charge in [-0.3, -0.25) is 5.41 Å². The zero-order valence-electron chi connectivity index (χ0n) is 4.21. The molecule has 0 aromatic heterocycles. The van der Waals surface area contributed by atoms with Crippen LogP contribution in [0.15, 0.2) is 5.57 Å². The van der Waals surface area contributed by atoms with Gasteiger partial charge in [0.1, 0.15) is 5.57 Å². The minimum atomic E-state index is -1.27. The van der Waals surface area contributed by atoms with Crippen molar-refractivity contribution in [1.82, 2.24) is 0 Å². The van der Waals surface area contributed by atoms with Gasteiger partial charge in [0.05, 0.1) is 4.20 Å². The monoisotopic (exact) mass is 161 g/mol. The van der Waals surface area contributed by atoms with Crippen LogP contribution in [0.1, 0.15) is 0 Å². The van der Waals surface area contributed by atoms with E-state index in [2.05, 4.69) is 24.8 Å². The third kappa shape index (κ3) is 2.41. The average molecular weight is 161 g/mol. The molecule has 0 saturated carbocycles. The van der Waals surface area contributed by atoms with Gasteiger partial charge in [-0.1, -0.05) is 12.2 Å². The number of thiocarbonyl (C=S) groups is 1. The number of hydrogen-bond acceptors (Lipinski definition) is 3. The molecule has 0 aliphatic rings. The summed E-state index contributed by atoms with van der Waals surface area (Å²) in [6, 6.07) is 0. The van der Waals surface area contributed by atoms with Gasteiger partial charge in [0.2, 0.25) is 0 Å². The highest BCUT2D eigenvalue weighted by Crippen LogP contribution is 1.97. The molecule has 0 fully saturated rings. The Morgan fingerprint density at radius 1 is 1.78 bits per heavy atom. The van der Waals surface area contributed by atoms with Crippen LogP contribution in [0.5, 0.6) is 0 Å². The molecule has 3 nitrogen and oxygen atoms in total. The fraction of sp³-hybridized carbons (Fsp3) is 0. The highest BCUT2D eigenvalue weighted by Gasteiger charge is 2.08. The highest BCUT2D eigenvalue weighted by molar-refractivity contribution is 8.12. The van der Waals surface area contributed by atoms with Crippen molar-refractivity contribution in [2.24, 2.45) is 0 Å². The van der Waals surface area contributed by atoms with E-state index < -0.39 is 5.97 Å². The van der Waals surface area contributed by atoms with Gasteiger partial charge in [0.15, 0.2) is 0 Å². The second-order valence-electron chi connectivity index (χ2n) is 1.11. The molecule has 9 heavy (non-hydrogen) atoms. The lowest BCUT2D eigenvalue weighted by atomic mass is 10.3. The topological polar surface area (TPSA) is 61.2 Å². The van der Waals surface area contributed by atoms with E-state index in [-0.39, 0.29) is 9.77 Å². The van der Waals surface area contributed by atoms with Gasteiger partial charge in [-0.25, -0.2) is 4.79 Å². The third-order valence-corrected chi connectivity index (χ3v) is 0.980. The molecule has 0 radical (unpaired) electrons. The number of rotatable bonds is 2. The summed E-state index contributed by atoms with van der Waals surface area (Å²) in [7, 11) is 0. The van der Waals surface area contributed by atoms with Crippen LogP contribution in [0.4, 0.5) is 0 Å². The summed E-state index contributed by atoms with van der Waals surface area (Å²) in [4.78, 5) is 10.0. The Morgan fingerprint density at radius 3 is 2.22 bits per heavy atom. The average Bonchev–Trinajstić information content (AvgIpc) is 1.64. The Kier molecular flexibility index (Phi) is 3.16. The van der Waals surface area contributed by atoms with Crippen LogP contribution >= 0.6 is 24.8 Å². The van der Waals surface area contributed by atoms with E-state index in [1.165, 1.54) is 0 Å². The van der Waals surface area contributed by atoms with Crippen LogP contribution in [0, 0.1) is 5.41 Å². The Balaban J connectivity index is 4.59. The number of carboxylic acids is 1. The maximum absolute atomic E-state index is 10.0. The first-order valence-electron chi connectivity index (χ1n) is 1.86. The summed E-state index contributed by atoms with van der Waals surface area (Å²) >= 11 is 7.90. The number of aliphatic carboxylic acids is 1. The Bertz CT molecular complexity index is 189. The van der Waals surface area contributed by atoms with Crippen LogP contribution in [-0.4, -0.2) is 21.1 Å². The molecule has 0 bridgehead atoms. The quantitative estimate of drug-likeness (QED) is 0.239. The van der Waals surface area contributed by atoms with Gasteiger partial charge < -0.3 is 5.11 Å². The molecular weight excluding hydrogens is 158 g/mol. The first-order chi connectivity index (χ1) is 4.09. The maximum atomic E-state index is 10.0. The van der Waals surface area contributed by atoms with Crippen molar-refractivity contribution in [3.05, 3.63) is 5.57 Å². The van der Waals surface area contributed by atoms with E-state index in [9.17, 15) is 4.79 Å². The Labute approximate surface area is 62.3 Å². The Hall–Kier alpha value is -0.640. The number of nitrogens with one attached hydrogen (secondary N) is 1. The predicted molar refractivity (Wildman–Crippen MR) is 40.5 cm³/mol. The lowest BCUT2D eigenvalue weighted by Crippen LogP contribution is -2.05. The van der Waals surface area contributed by atoms with E-state index in [0.717, 1.165) is 0 Å². The van der Waals surface area contributed by atoms with Crippen LogP contribution in [0.25, 0.3) is 0 Å². The second kappa shape index (κ2) is 3.40. The molecule has 0 rings (SSSR count). The fourth-order valence-electron chi connectivity index (χ4n) is 0.198. The first-order valence-corrected chi connectivity index (χ1v) is 2.71. The third-order valence-electron chi connectivity index (χ3n) is 0.553. The summed E-state index contributed by atoms with van der Waals surface area (Å²) in [6.07, 6.45) is 0. The molecule has 0 aromatic rings. The van der Waals surface area contributed by atoms with Gasteiger partial charge in [-0.05, 0) is 5.87 Å². The normalized spacial score (nSPS) is 7.67. The molecule has 0 aromatic carbocycles. The van der Waals surface area contributed by atoms with Crippen molar-refractivity contribution in [1.29, 1.82) is 5.41 Å². The summed E-state index contributed by atoms with van der Waals surface area (Å²) in [6.45, 7) is 0. The van der Waals surface area contributed by atoms with Crippen molar-refractivity contribution in [3.8, 4) is 0 Å². The molecular formula is C4H3NO2S2. The maximum Gasteiger partial charge on any atom is 0.347 e. The van der Waals surface area contributed by atoms with Crippen LogP contribution < -0.4 is 0 Å². The molecule has 0 spiro atoms. The van der Waals surface area contributed by atoms with Gasteiger partial charge >= 0.3 is 5.97 Å². The van der Waals surface area contributed by atoms with Crippen molar-refractivity contribution in [3.63, 3.8) is 0 Å². The Morgan fingerprint density at radius 2 is 2.22 bits per heavy atom. The smallest absolute Gasteiger partial charge is 0.347 e. The molecule has 0 aliphatic carbocycles. The minimum Gasteiger partial charge on any atom is -0.477 e. The predicted octanol–water partition coefficient (Wildman–Crippen LogP) is 0.503. The molecule has 0 amide bonds. The molecule has 48 valence electrons. The standard InChI is InChI=1S/C4H3NO2S2/c5-1-2(3(6)7)4(8)9/h5H,(H,6,7)(H,8,9). The van der Waals surface area contributed by atoms with E-state index >= 15 is 0 Å². The molecule has 5 heteroatoms. The van der Waals surface area contributed by atoms with Gasteiger partial charge in [-0.2, -0.15) is 0 Å². The van der Waals surface area contributed by atoms with Crippen molar-refractivity contribution >= 4 is 40.9 Å². The summed E-state index contributed by atoms with van der Waals surface area (Å²) in [5.41, 5.74) is -0.381. The lowest BCUT2D eigenvalue weighted by molar-refractivity contribution is -0.131. The van der Waals surface area contributed by atoms with Crippen LogP contribution in [0.2, 0.25) is 0 Å². The molecule has 0 unspecified atom stereocenters. The van der Waals surface area contributed by atoms with Crippen molar-refractivity contribution in [2.75, 3.05) is 0 Å². The van der Waals surface area contributed by atoms with E-state index in [1.807, 2.05) is 0 Å². The summed E-state index contributed by atoms with van der Waals surface area (Å²) in [5, 5.41) is 14.6. The van der Waals surface area contributed by atoms with Crippen molar-refractivity contribution < 1.29 is 9.90 Å². The summed E-state index contributed by atoms with van der Waals surface area (Å²) in [5.74, 6) is 0.377. The second-order valence-corrected chi connectivity index (χ2v) is 2.27. The van der Waals surface area contributed by atoms with Gasteiger partial charge in [0.25, 0.3) is 0 Å². The van der Waals surface area contributed by atoms with E-state index in [0.29, 0.717) is 0 Å². The van der Waals surface area contributed by atoms with Crippen LogP contribution in [-0.2, 0) is 4.79 Å². The number of carbonyl (C=O) groups is 1. The van der Waals surface area contributed by atoms with E-state index in [1.54, 1.807) is 5.87 Å². The van der Waals surface area contributed by atoms with Gasteiger partial charge in [-0.15, -0.1) is 12.6 Å². The van der Waals surface area contributed by atoms with Crippen LogP contribution in [0.3, 0.4) is 0 Å². The molecule has 0 atom stereocenters. The highest BCUT2D eigenvalue weighted by atomic mass is 32.1. The van der Waals surface area contributed by atoms with E-state index in [4.69, 9.17) is 10.5 Å². The SMILES string of the molecule is N=C=C(C(=O)O)C(=S)S. The summed E-state index contributed by atoms with van der Waals surface area (Å²) < 4.78 is -0.127. The number of thiol groups is 1. The number of hydrogen-bond donors (Lipinski definition) is 3. The zero-order valence-corrected chi connectivity index (χ0v) is 5.92. The zero-order chi connectivity index (χ0) is 7.44. The minimum absolute atomic E-state index is 0.127. The first kappa shape index (κ1) is 8.36. The fourth-order valence-corrected chi connectivity index (χ4v) is 0.488. The molecule has 0 heterocycles. The molecule has 2 N–H and O–H groups in total. The molecule has 0 aliphatic heterocycles.